The molecule has 25 heavy (non-hydrogen) atoms. The minimum atomic E-state index is 0.00527. The molecule has 0 aromatic carbocycles. The summed E-state index contributed by atoms with van der Waals surface area (Å²) >= 11 is 0. The molecule has 0 radical (unpaired) electrons. The molecule has 2 saturated heterocycles. The van der Waals surface area contributed by atoms with Crippen LogP contribution in [-0.4, -0.2) is 83.0 Å². The van der Waals surface area contributed by atoms with Crippen molar-refractivity contribution in [1.82, 2.24) is 24.9 Å². The van der Waals surface area contributed by atoms with Gasteiger partial charge in [0.15, 0.2) is 5.69 Å². The molecule has 0 atom stereocenters. The highest BCUT2D eigenvalue weighted by molar-refractivity contribution is 5.94. The molecule has 0 unspecified atom stereocenters. The first-order valence-corrected chi connectivity index (χ1v) is 9.23. The largest absolute Gasteiger partial charge is 0.340 e. The maximum Gasteiger partial charge on any atom is 0.274 e. The van der Waals surface area contributed by atoms with E-state index in [0.29, 0.717) is 31.1 Å². The highest BCUT2D eigenvalue weighted by atomic mass is 16.2. The number of rotatable bonds is 3. The van der Waals surface area contributed by atoms with Gasteiger partial charge in [0.05, 0.1) is 0 Å². The number of aryl methyl sites for hydroxylation is 1. The molecule has 1 N–H and O–H groups in total. The van der Waals surface area contributed by atoms with Crippen LogP contribution >= 0.6 is 0 Å². The number of carbonyl (C=O) groups excluding carboxylic acids is 2. The molecule has 3 heterocycles. The van der Waals surface area contributed by atoms with Crippen molar-refractivity contribution < 1.29 is 9.59 Å². The normalized spacial score (nSPS) is 20.1. The van der Waals surface area contributed by atoms with Crippen molar-refractivity contribution in [2.45, 2.75) is 33.1 Å². The topological polar surface area (TPSA) is 72.5 Å². The summed E-state index contributed by atoms with van der Waals surface area (Å²) in [6, 6.07) is 0. The molecule has 1 aromatic heterocycles. The number of hydrogen-bond donors (Lipinski definition) is 1. The highest BCUT2D eigenvalue weighted by Crippen LogP contribution is 2.23. The maximum absolute atomic E-state index is 12.6. The summed E-state index contributed by atoms with van der Waals surface area (Å²) in [5, 5.41) is 7.02. The Labute approximate surface area is 149 Å². The third kappa shape index (κ3) is 4.03. The Morgan fingerprint density at radius 1 is 1.04 bits per heavy atom. The number of H-pyrrole nitrogens is 1. The quantitative estimate of drug-likeness (QED) is 0.887. The second-order valence-corrected chi connectivity index (χ2v) is 7.45. The van der Waals surface area contributed by atoms with Gasteiger partial charge >= 0.3 is 0 Å². The lowest BCUT2D eigenvalue weighted by Gasteiger charge is -2.35. The molecule has 2 fully saturated rings. The number of piperidine rings is 1. The summed E-state index contributed by atoms with van der Waals surface area (Å²) in [6.07, 6.45) is 2.41. The Balaban J connectivity index is 1.48. The zero-order valence-electron chi connectivity index (χ0n) is 15.5. The van der Waals surface area contributed by atoms with E-state index in [2.05, 4.69) is 22.1 Å². The summed E-state index contributed by atoms with van der Waals surface area (Å²) in [5.41, 5.74) is 2.40. The number of piperazine rings is 1. The maximum atomic E-state index is 12.6. The Kier molecular flexibility index (Phi) is 5.42. The summed E-state index contributed by atoms with van der Waals surface area (Å²) in [6.45, 7) is 8.87. The molecule has 0 aliphatic carbocycles. The van der Waals surface area contributed by atoms with E-state index in [1.807, 2.05) is 23.6 Å². The summed E-state index contributed by atoms with van der Waals surface area (Å²) < 4.78 is 0. The van der Waals surface area contributed by atoms with E-state index in [0.717, 1.165) is 50.3 Å². The molecular weight excluding hydrogens is 318 g/mol. The average Bonchev–Trinajstić information content (AvgIpc) is 2.94. The standard InChI is InChI=1S/C18H29N5O2/c1-13-14(2)19-20-17(13)18(25)23-6-4-15(5-7-23)12-16(24)22-10-8-21(3)9-11-22/h15H,4-12H2,1-3H3,(H,19,20). The summed E-state index contributed by atoms with van der Waals surface area (Å²) in [4.78, 5) is 31.2. The van der Waals surface area contributed by atoms with Crippen LogP contribution in [-0.2, 0) is 4.79 Å². The number of carbonyl (C=O) groups is 2. The molecule has 0 saturated carbocycles. The van der Waals surface area contributed by atoms with Crippen LogP contribution in [0.15, 0.2) is 0 Å². The Hall–Kier alpha value is -1.89. The highest BCUT2D eigenvalue weighted by Gasteiger charge is 2.29. The molecule has 0 bridgehead atoms. The summed E-state index contributed by atoms with van der Waals surface area (Å²) in [7, 11) is 2.09. The number of aromatic nitrogens is 2. The molecule has 3 rings (SSSR count). The first-order valence-electron chi connectivity index (χ1n) is 9.23. The van der Waals surface area contributed by atoms with E-state index in [4.69, 9.17) is 0 Å². The number of nitrogens with one attached hydrogen (secondary N) is 1. The molecule has 7 nitrogen and oxygen atoms in total. The molecule has 2 amide bonds. The smallest absolute Gasteiger partial charge is 0.274 e. The number of hydrogen-bond acceptors (Lipinski definition) is 4. The van der Waals surface area contributed by atoms with Crippen molar-refractivity contribution >= 4 is 11.8 Å². The number of likely N-dealkylation sites (N-methyl/N-ethyl adjacent to an activating group) is 1. The van der Waals surface area contributed by atoms with E-state index in [9.17, 15) is 9.59 Å². The van der Waals surface area contributed by atoms with Crippen LogP contribution in [0.5, 0.6) is 0 Å². The molecule has 0 spiro atoms. The lowest BCUT2D eigenvalue weighted by molar-refractivity contribution is -0.134. The first kappa shape index (κ1) is 17.9. The fourth-order valence-electron chi connectivity index (χ4n) is 3.62. The van der Waals surface area contributed by atoms with Crippen molar-refractivity contribution in [2.24, 2.45) is 5.92 Å². The fourth-order valence-corrected chi connectivity index (χ4v) is 3.62. The van der Waals surface area contributed by atoms with E-state index in [1.54, 1.807) is 0 Å². The van der Waals surface area contributed by atoms with E-state index in [1.165, 1.54) is 0 Å². The predicted molar refractivity (Wildman–Crippen MR) is 95.4 cm³/mol. The molecular formula is C18H29N5O2. The average molecular weight is 347 g/mol. The number of amides is 2. The van der Waals surface area contributed by atoms with Crippen molar-refractivity contribution in [3.8, 4) is 0 Å². The molecule has 138 valence electrons. The van der Waals surface area contributed by atoms with Gasteiger partial charge < -0.3 is 14.7 Å². The van der Waals surface area contributed by atoms with Crippen molar-refractivity contribution in [2.75, 3.05) is 46.3 Å². The van der Waals surface area contributed by atoms with Crippen molar-refractivity contribution in [3.63, 3.8) is 0 Å². The van der Waals surface area contributed by atoms with Gasteiger partial charge in [-0.25, -0.2) is 0 Å². The van der Waals surface area contributed by atoms with Gasteiger partial charge in [-0.1, -0.05) is 0 Å². The Morgan fingerprint density at radius 3 is 2.24 bits per heavy atom. The van der Waals surface area contributed by atoms with Crippen LogP contribution in [0.3, 0.4) is 0 Å². The van der Waals surface area contributed by atoms with Gasteiger partial charge in [-0.2, -0.15) is 5.10 Å². The first-order chi connectivity index (χ1) is 12.0. The van der Waals surface area contributed by atoms with Gasteiger partial charge in [0.25, 0.3) is 5.91 Å². The van der Waals surface area contributed by atoms with Gasteiger partial charge in [-0.3, -0.25) is 14.7 Å². The van der Waals surface area contributed by atoms with Gasteiger partial charge in [0, 0.05) is 56.9 Å². The van der Waals surface area contributed by atoms with Crippen LogP contribution < -0.4 is 0 Å². The molecule has 7 heteroatoms. The van der Waals surface area contributed by atoms with Gasteiger partial charge in [0.1, 0.15) is 0 Å². The lowest BCUT2D eigenvalue weighted by atomic mass is 9.92. The zero-order valence-corrected chi connectivity index (χ0v) is 15.5. The van der Waals surface area contributed by atoms with Crippen molar-refractivity contribution in [3.05, 3.63) is 17.0 Å². The van der Waals surface area contributed by atoms with E-state index >= 15 is 0 Å². The minimum Gasteiger partial charge on any atom is -0.340 e. The molecule has 1 aromatic rings. The van der Waals surface area contributed by atoms with Crippen LogP contribution in [0.2, 0.25) is 0 Å². The second kappa shape index (κ2) is 7.56. The van der Waals surface area contributed by atoms with Gasteiger partial charge in [0.2, 0.25) is 5.91 Å². The van der Waals surface area contributed by atoms with Crippen LogP contribution in [0.1, 0.15) is 41.0 Å². The third-order valence-corrected chi connectivity index (χ3v) is 5.68. The van der Waals surface area contributed by atoms with Gasteiger partial charge in [-0.05, 0) is 39.7 Å². The van der Waals surface area contributed by atoms with Crippen LogP contribution in [0.4, 0.5) is 0 Å². The monoisotopic (exact) mass is 347 g/mol. The van der Waals surface area contributed by atoms with Crippen molar-refractivity contribution in [1.29, 1.82) is 0 Å². The number of aromatic amines is 1. The lowest BCUT2D eigenvalue weighted by Crippen LogP contribution is -2.48. The SMILES string of the molecule is Cc1[nH]nc(C(=O)N2CCC(CC(=O)N3CCN(C)CC3)CC2)c1C. The van der Waals surface area contributed by atoms with Crippen LogP contribution in [0, 0.1) is 19.8 Å². The Bertz CT molecular complexity index is 625. The van der Waals surface area contributed by atoms with E-state index < -0.39 is 0 Å². The number of likely N-dealkylation sites (tertiary alicyclic amines) is 1. The Morgan fingerprint density at radius 2 is 1.68 bits per heavy atom. The van der Waals surface area contributed by atoms with E-state index in [-0.39, 0.29) is 11.8 Å². The predicted octanol–water partition coefficient (Wildman–Crippen LogP) is 1.04. The molecule has 2 aliphatic heterocycles. The fraction of sp³-hybridized carbons (Fsp3) is 0.722. The summed E-state index contributed by atoms with van der Waals surface area (Å²) in [5.74, 6) is 0.667. The number of nitrogens with zero attached hydrogens (tertiary/aromatic N) is 4. The minimum absolute atomic E-state index is 0.00527. The molecule has 2 aliphatic rings. The van der Waals surface area contributed by atoms with Crippen LogP contribution in [0.25, 0.3) is 0 Å². The second-order valence-electron chi connectivity index (χ2n) is 7.45. The third-order valence-electron chi connectivity index (χ3n) is 5.68. The zero-order chi connectivity index (χ0) is 18.0. The van der Waals surface area contributed by atoms with Gasteiger partial charge in [-0.15, -0.1) is 0 Å².